The van der Waals surface area contributed by atoms with E-state index in [1.54, 1.807) is 0 Å². The number of unbranched alkanes of at least 4 members (excludes halogenated alkanes) is 1. The molecule has 18 heavy (non-hydrogen) atoms. The summed E-state index contributed by atoms with van der Waals surface area (Å²) in [6.07, 6.45) is 5.44. The quantitative estimate of drug-likeness (QED) is 0.560. The summed E-state index contributed by atoms with van der Waals surface area (Å²) in [4.78, 5) is 22.7. The molecule has 0 aromatic rings. The van der Waals surface area contributed by atoms with Gasteiger partial charge in [0.05, 0.1) is 12.6 Å². The molecule has 102 valence electrons. The molecule has 0 unspecified atom stereocenters. The largest absolute Gasteiger partial charge is 0.450 e. The first kappa shape index (κ1) is 14.5. The van der Waals surface area contributed by atoms with Crippen LogP contribution in [-0.2, 0) is 9.53 Å². The molecule has 1 aliphatic carbocycles. The summed E-state index contributed by atoms with van der Waals surface area (Å²) in [6, 6.07) is -0.0581. The Morgan fingerprint density at radius 3 is 2.61 bits per heavy atom. The predicted molar refractivity (Wildman–Crippen MR) is 69.2 cm³/mol. The lowest BCUT2D eigenvalue weighted by Crippen LogP contribution is -2.48. The maximum absolute atomic E-state index is 11.5. The van der Waals surface area contributed by atoms with Crippen LogP contribution in [0, 0.1) is 0 Å². The molecule has 0 aromatic heterocycles. The molecular formula is C13H22N2O3. The molecule has 1 rings (SSSR count). The second-order valence-corrected chi connectivity index (χ2v) is 4.49. The van der Waals surface area contributed by atoms with Crippen LogP contribution in [0.25, 0.3) is 0 Å². The Hall–Kier alpha value is -1.52. The average molecular weight is 254 g/mol. The monoisotopic (exact) mass is 254 g/mol. The minimum absolute atomic E-state index is 0.0192. The van der Waals surface area contributed by atoms with E-state index in [2.05, 4.69) is 17.2 Å². The number of carbonyl (C=O) groups is 2. The number of amides is 2. The highest BCUT2D eigenvalue weighted by Crippen LogP contribution is 2.19. The van der Waals surface area contributed by atoms with Gasteiger partial charge in [0.25, 0.3) is 0 Å². The van der Waals surface area contributed by atoms with E-state index < -0.39 is 6.09 Å². The highest BCUT2D eigenvalue weighted by Gasteiger charge is 2.29. The van der Waals surface area contributed by atoms with Crippen molar-refractivity contribution >= 4 is 12.0 Å². The molecule has 0 spiro atoms. The van der Waals surface area contributed by atoms with Crippen LogP contribution in [0.4, 0.5) is 4.79 Å². The fraction of sp³-hybridized carbons (Fsp3) is 0.692. The number of ether oxygens (including phenoxy) is 1. The number of rotatable bonds is 6. The van der Waals surface area contributed by atoms with Gasteiger partial charge in [0.1, 0.15) is 0 Å². The molecule has 1 fully saturated rings. The van der Waals surface area contributed by atoms with Crippen LogP contribution in [-0.4, -0.2) is 30.7 Å². The zero-order valence-electron chi connectivity index (χ0n) is 10.9. The molecular weight excluding hydrogens is 232 g/mol. The molecule has 2 atom stereocenters. The third-order valence-corrected chi connectivity index (χ3v) is 3.06. The molecule has 2 amide bonds. The summed E-state index contributed by atoms with van der Waals surface area (Å²) in [5.74, 6) is -0.201. The Balaban J connectivity index is 2.33. The maximum Gasteiger partial charge on any atom is 0.407 e. The lowest BCUT2D eigenvalue weighted by Gasteiger charge is -2.21. The van der Waals surface area contributed by atoms with E-state index in [1.165, 1.54) is 6.08 Å². The molecule has 0 heterocycles. The van der Waals surface area contributed by atoms with Gasteiger partial charge >= 0.3 is 6.09 Å². The van der Waals surface area contributed by atoms with Gasteiger partial charge in [-0.25, -0.2) is 4.79 Å². The van der Waals surface area contributed by atoms with Gasteiger partial charge in [-0.3, -0.25) is 4.79 Å². The third-order valence-electron chi connectivity index (χ3n) is 3.06. The van der Waals surface area contributed by atoms with Crippen molar-refractivity contribution in [3.8, 4) is 0 Å². The van der Waals surface area contributed by atoms with Crippen molar-refractivity contribution < 1.29 is 14.3 Å². The number of alkyl carbamates (subject to hydrolysis) is 1. The average Bonchev–Trinajstić information content (AvgIpc) is 2.76. The zero-order valence-corrected chi connectivity index (χ0v) is 10.9. The van der Waals surface area contributed by atoms with Gasteiger partial charge in [0, 0.05) is 6.04 Å². The van der Waals surface area contributed by atoms with E-state index in [0.717, 1.165) is 32.1 Å². The lowest BCUT2D eigenvalue weighted by molar-refractivity contribution is -0.117. The Morgan fingerprint density at radius 2 is 2.00 bits per heavy atom. The number of carbonyl (C=O) groups excluding carboxylic acids is 2. The summed E-state index contributed by atoms with van der Waals surface area (Å²) in [6.45, 7) is 5.90. The molecule has 5 heteroatoms. The summed E-state index contributed by atoms with van der Waals surface area (Å²) in [7, 11) is 0. The van der Waals surface area contributed by atoms with Gasteiger partial charge in [-0.05, 0) is 31.8 Å². The normalized spacial score (nSPS) is 22.3. The topological polar surface area (TPSA) is 67.4 Å². The van der Waals surface area contributed by atoms with E-state index >= 15 is 0 Å². The van der Waals surface area contributed by atoms with Crippen molar-refractivity contribution in [2.75, 3.05) is 6.61 Å². The van der Waals surface area contributed by atoms with Crippen LogP contribution in [0.3, 0.4) is 0 Å². The predicted octanol–water partition coefficient (Wildman–Crippen LogP) is 1.74. The smallest absolute Gasteiger partial charge is 0.407 e. The second kappa shape index (κ2) is 7.74. The van der Waals surface area contributed by atoms with E-state index in [-0.39, 0.29) is 18.0 Å². The van der Waals surface area contributed by atoms with Crippen molar-refractivity contribution in [2.24, 2.45) is 0 Å². The standard InChI is InChI=1S/C13H22N2O3/c1-3-5-9-18-13(17)15-11-8-6-7-10(11)14-12(16)4-2/h4,10-11H,2-3,5-9H2,1H3,(H,14,16)(H,15,17)/t10-,11+/m0/s1. The van der Waals surface area contributed by atoms with Gasteiger partial charge in [-0.15, -0.1) is 0 Å². The number of hydrogen-bond donors (Lipinski definition) is 2. The highest BCUT2D eigenvalue weighted by molar-refractivity contribution is 5.87. The molecule has 0 aliphatic heterocycles. The van der Waals surface area contributed by atoms with Crippen molar-refractivity contribution in [2.45, 2.75) is 51.1 Å². The van der Waals surface area contributed by atoms with Crippen molar-refractivity contribution in [1.82, 2.24) is 10.6 Å². The minimum atomic E-state index is -0.395. The first-order valence-corrected chi connectivity index (χ1v) is 6.53. The summed E-state index contributed by atoms with van der Waals surface area (Å²) < 4.78 is 5.04. The van der Waals surface area contributed by atoms with Gasteiger partial charge in [-0.1, -0.05) is 19.9 Å². The number of nitrogens with one attached hydrogen (secondary N) is 2. The molecule has 0 aromatic carbocycles. The molecule has 5 nitrogen and oxygen atoms in total. The highest BCUT2D eigenvalue weighted by atomic mass is 16.5. The van der Waals surface area contributed by atoms with Crippen LogP contribution < -0.4 is 10.6 Å². The number of hydrogen-bond acceptors (Lipinski definition) is 3. The second-order valence-electron chi connectivity index (χ2n) is 4.49. The Morgan fingerprint density at radius 1 is 1.33 bits per heavy atom. The molecule has 1 aliphatic rings. The molecule has 0 saturated heterocycles. The van der Waals surface area contributed by atoms with E-state index in [9.17, 15) is 9.59 Å². The van der Waals surface area contributed by atoms with Crippen LogP contribution in [0.5, 0.6) is 0 Å². The lowest BCUT2D eigenvalue weighted by atomic mass is 10.2. The zero-order chi connectivity index (χ0) is 13.4. The summed E-state index contributed by atoms with van der Waals surface area (Å²) in [5, 5.41) is 5.63. The fourth-order valence-corrected chi connectivity index (χ4v) is 2.05. The first-order valence-electron chi connectivity index (χ1n) is 6.53. The SMILES string of the molecule is C=CC(=O)N[C@H]1CCC[C@H]1NC(=O)OCCCC. The van der Waals surface area contributed by atoms with Crippen LogP contribution in [0.15, 0.2) is 12.7 Å². The maximum atomic E-state index is 11.5. The van der Waals surface area contributed by atoms with Crippen LogP contribution in [0.2, 0.25) is 0 Å². The molecule has 1 saturated carbocycles. The first-order chi connectivity index (χ1) is 8.67. The van der Waals surface area contributed by atoms with Gasteiger partial charge in [0.15, 0.2) is 0 Å². The molecule has 0 radical (unpaired) electrons. The minimum Gasteiger partial charge on any atom is -0.450 e. The van der Waals surface area contributed by atoms with Crippen molar-refractivity contribution in [3.05, 3.63) is 12.7 Å². The third kappa shape index (κ3) is 4.77. The van der Waals surface area contributed by atoms with Crippen LogP contribution >= 0.6 is 0 Å². The van der Waals surface area contributed by atoms with Gasteiger partial charge in [-0.2, -0.15) is 0 Å². The van der Waals surface area contributed by atoms with Gasteiger partial charge < -0.3 is 15.4 Å². The molecule has 2 N–H and O–H groups in total. The molecule has 0 bridgehead atoms. The van der Waals surface area contributed by atoms with E-state index in [4.69, 9.17) is 4.74 Å². The van der Waals surface area contributed by atoms with Crippen molar-refractivity contribution in [1.29, 1.82) is 0 Å². The van der Waals surface area contributed by atoms with Crippen LogP contribution in [0.1, 0.15) is 39.0 Å². The Bertz CT molecular complexity index is 305. The van der Waals surface area contributed by atoms with E-state index in [0.29, 0.717) is 6.61 Å². The summed E-state index contributed by atoms with van der Waals surface area (Å²) >= 11 is 0. The fourth-order valence-electron chi connectivity index (χ4n) is 2.05. The van der Waals surface area contributed by atoms with Gasteiger partial charge in [0.2, 0.25) is 5.91 Å². The van der Waals surface area contributed by atoms with E-state index in [1.807, 2.05) is 6.92 Å². The Labute approximate surface area is 108 Å². The summed E-state index contributed by atoms with van der Waals surface area (Å²) in [5.41, 5.74) is 0. The van der Waals surface area contributed by atoms with Crippen molar-refractivity contribution in [3.63, 3.8) is 0 Å². The Kier molecular flexibility index (Phi) is 6.25.